The average molecular weight is 410 g/mol. The maximum atomic E-state index is 12.7. The number of piperidine rings is 1. The number of hydrogen-bond acceptors (Lipinski definition) is 6. The summed E-state index contributed by atoms with van der Waals surface area (Å²) in [5, 5.41) is 7.52. The van der Waals surface area contributed by atoms with E-state index in [-0.39, 0.29) is 11.5 Å². The zero-order valence-corrected chi connectivity index (χ0v) is 16.9. The van der Waals surface area contributed by atoms with E-state index in [0.29, 0.717) is 16.8 Å². The first-order valence-corrected chi connectivity index (χ1v) is 9.15. The molecule has 0 atom stereocenters. The van der Waals surface area contributed by atoms with Crippen LogP contribution in [0.1, 0.15) is 30.4 Å². The molecule has 2 heterocycles. The number of anilines is 3. The Kier molecular flexibility index (Phi) is 8.90. The first kappa shape index (κ1) is 24.2. The fraction of sp³-hybridized carbons (Fsp3) is 0.400. The SMILES string of the molecule is C=C.CN1CCCCC1.Cc1cc(N)nnc1-c1ccc(C(F)(F)F)c(N)c1N. The molecule has 0 unspecified atom stereocenters. The highest BCUT2D eigenvalue weighted by Gasteiger charge is 2.34. The molecule has 29 heavy (non-hydrogen) atoms. The van der Waals surface area contributed by atoms with Gasteiger partial charge in [0.2, 0.25) is 0 Å². The van der Waals surface area contributed by atoms with Crippen LogP contribution in [0.4, 0.5) is 30.4 Å². The first-order chi connectivity index (χ1) is 13.6. The van der Waals surface area contributed by atoms with Crippen molar-refractivity contribution in [3.63, 3.8) is 0 Å². The van der Waals surface area contributed by atoms with Crippen molar-refractivity contribution in [3.05, 3.63) is 42.5 Å². The Labute approximate surface area is 169 Å². The van der Waals surface area contributed by atoms with Crippen LogP contribution in [0.25, 0.3) is 11.3 Å². The second-order valence-electron chi connectivity index (χ2n) is 6.65. The van der Waals surface area contributed by atoms with Gasteiger partial charge in [-0.2, -0.15) is 13.2 Å². The molecule has 6 nitrogen and oxygen atoms in total. The number of alkyl halides is 3. The van der Waals surface area contributed by atoms with Crippen molar-refractivity contribution in [2.75, 3.05) is 37.3 Å². The smallest absolute Gasteiger partial charge is 0.397 e. The summed E-state index contributed by atoms with van der Waals surface area (Å²) < 4.78 is 38.1. The van der Waals surface area contributed by atoms with Gasteiger partial charge in [-0.1, -0.05) is 6.42 Å². The standard InChI is InChI=1S/C12H12F3N5.C6H13N.C2H4/c1-5-4-8(16)19-20-11(5)6-2-3-7(12(13,14)15)10(18)9(6)17;1-7-5-3-2-4-6-7;1-2/h2-4H,17-18H2,1H3,(H2,16,19);2-6H2,1H3;1-2H2. The van der Waals surface area contributed by atoms with E-state index < -0.39 is 17.4 Å². The van der Waals surface area contributed by atoms with E-state index in [0.717, 1.165) is 6.07 Å². The van der Waals surface area contributed by atoms with Gasteiger partial charge in [-0.15, -0.1) is 23.4 Å². The molecule has 0 saturated carbocycles. The monoisotopic (exact) mass is 410 g/mol. The fourth-order valence-corrected chi connectivity index (χ4v) is 2.91. The number of likely N-dealkylation sites (tertiary alicyclic amines) is 1. The zero-order chi connectivity index (χ0) is 22.2. The van der Waals surface area contributed by atoms with Crippen LogP contribution in [-0.4, -0.2) is 35.2 Å². The lowest BCUT2D eigenvalue weighted by molar-refractivity contribution is -0.136. The topological polar surface area (TPSA) is 107 Å². The number of rotatable bonds is 1. The molecule has 1 saturated heterocycles. The number of hydrogen-bond donors (Lipinski definition) is 3. The van der Waals surface area contributed by atoms with Crippen LogP contribution in [0, 0.1) is 6.92 Å². The summed E-state index contributed by atoms with van der Waals surface area (Å²) in [4.78, 5) is 2.39. The Morgan fingerprint density at radius 1 is 0.966 bits per heavy atom. The number of nitrogens with two attached hydrogens (primary N) is 3. The number of aromatic nitrogens is 2. The molecule has 0 radical (unpaired) electrons. The maximum Gasteiger partial charge on any atom is 0.418 e. The normalized spacial score (nSPS) is 14.2. The number of aryl methyl sites for hydroxylation is 1. The van der Waals surface area contributed by atoms with E-state index in [9.17, 15) is 13.2 Å². The van der Waals surface area contributed by atoms with Gasteiger partial charge in [0.1, 0.15) is 5.82 Å². The van der Waals surface area contributed by atoms with Crippen molar-refractivity contribution in [2.24, 2.45) is 0 Å². The van der Waals surface area contributed by atoms with E-state index in [1.807, 2.05) is 0 Å². The molecule has 1 fully saturated rings. The van der Waals surface area contributed by atoms with Crippen molar-refractivity contribution in [1.82, 2.24) is 15.1 Å². The molecule has 1 aromatic heterocycles. The lowest BCUT2D eigenvalue weighted by atomic mass is 10.0. The van der Waals surface area contributed by atoms with Crippen molar-refractivity contribution < 1.29 is 13.2 Å². The summed E-state index contributed by atoms with van der Waals surface area (Å²) in [7, 11) is 2.19. The molecule has 1 aliphatic rings. The van der Waals surface area contributed by atoms with Gasteiger partial charge in [0.05, 0.1) is 22.6 Å². The predicted octanol–water partition coefficient (Wildman–Crippen LogP) is 4.12. The summed E-state index contributed by atoms with van der Waals surface area (Å²) in [5.41, 5.74) is 16.2. The Balaban J connectivity index is 0.000000390. The molecule has 3 rings (SSSR count). The minimum Gasteiger partial charge on any atom is -0.397 e. The molecule has 9 heteroatoms. The lowest BCUT2D eigenvalue weighted by Crippen LogP contribution is -2.24. The summed E-state index contributed by atoms with van der Waals surface area (Å²) in [6.45, 7) is 10.3. The predicted molar refractivity (Wildman–Crippen MR) is 113 cm³/mol. The van der Waals surface area contributed by atoms with Crippen LogP contribution in [-0.2, 0) is 6.18 Å². The van der Waals surface area contributed by atoms with Crippen molar-refractivity contribution in [2.45, 2.75) is 32.4 Å². The molecule has 1 aliphatic heterocycles. The molecule has 0 amide bonds. The summed E-state index contributed by atoms with van der Waals surface area (Å²) in [6, 6.07) is 3.65. The largest absolute Gasteiger partial charge is 0.418 e. The van der Waals surface area contributed by atoms with Gasteiger partial charge in [0, 0.05) is 5.56 Å². The molecule has 2 aromatic rings. The van der Waals surface area contributed by atoms with Gasteiger partial charge >= 0.3 is 6.18 Å². The summed E-state index contributed by atoms with van der Waals surface area (Å²) in [5.74, 6) is 0.213. The highest BCUT2D eigenvalue weighted by molar-refractivity contribution is 5.86. The van der Waals surface area contributed by atoms with Crippen LogP contribution >= 0.6 is 0 Å². The second-order valence-corrected chi connectivity index (χ2v) is 6.65. The number of nitrogens with zero attached hydrogens (tertiary/aromatic N) is 3. The quantitative estimate of drug-likeness (QED) is 0.482. The van der Waals surface area contributed by atoms with E-state index in [1.165, 1.54) is 38.4 Å². The van der Waals surface area contributed by atoms with Crippen LogP contribution in [0.2, 0.25) is 0 Å². The van der Waals surface area contributed by atoms with Gasteiger partial charge in [-0.25, -0.2) is 0 Å². The second kappa shape index (κ2) is 10.7. The van der Waals surface area contributed by atoms with E-state index in [2.05, 4.69) is 35.3 Å². The minimum atomic E-state index is -4.56. The van der Waals surface area contributed by atoms with Gasteiger partial charge in [-0.05, 0) is 63.7 Å². The number of halogens is 3. The van der Waals surface area contributed by atoms with Gasteiger partial charge in [0.25, 0.3) is 0 Å². The average Bonchev–Trinajstić information content (AvgIpc) is 2.66. The van der Waals surface area contributed by atoms with Crippen molar-refractivity contribution in [3.8, 4) is 11.3 Å². The van der Waals surface area contributed by atoms with Crippen LogP contribution in [0.3, 0.4) is 0 Å². The molecule has 0 spiro atoms. The van der Waals surface area contributed by atoms with E-state index in [1.54, 1.807) is 13.0 Å². The number of benzene rings is 1. The first-order valence-electron chi connectivity index (χ1n) is 9.15. The Hall–Kier alpha value is -2.81. The third kappa shape index (κ3) is 6.63. The Bertz CT molecular complexity index is 802. The fourth-order valence-electron chi connectivity index (χ4n) is 2.91. The molecular weight excluding hydrogens is 381 g/mol. The maximum absolute atomic E-state index is 12.7. The molecule has 6 N–H and O–H groups in total. The van der Waals surface area contributed by atoms with E-state index >= 15 is 0 Å². The van der Waals surface area contributed by atoms with Gasteiger partial charge in [-0.3, -0.25) is 0 Å². The molecule has 0 aliphatic carbocycles. The molecule has 160 valence electrons. The zero-order valence-electron chi connectivity index (χ0n) is 16.9. The van der Waals surface area contributed by atoms with Crippen LogP contribution in [0.15, 0.2) is 31.4 Å². The molecule has 1 aromatic carbocycles. The summed E-state index contributed by atoms with van der Waals surface area (Å²) in [6.07, 6.45) is -0.282. The van der Waals surface area contributed by atoms with Crippen molar-refractivity contribution in [1.29, 1.82) is 0 Å². The van der Waals surface area contributed by atoms with Crippen molar-refractivity contribution >= 4 is 17.2 Å². The van der Waals surface area contributed by atoms with Crippen LogP contribution in [0.5, 0.6) is 0 Å². The highest BCUT2D eigenvalue weighted by Crippen LogP contribution is 2.40. The minimum absolute atomic E-state index is 0.179. The Morgan fingerprint density at radius 2 is 1.55 bits per heavy atom. The lowest BCUT2D eigenvalue weighted by Gasteiger charge is -2.20. The van der Waals surface area contributed by atoms with Gasteiger partial charge < -0.3 is 22.1 Å². The summed E-state index contributed by atoms with van der Waals surface area (Å²) >= 11 is 0. The van der Waals surface area contributed by atoms with E-state index in [4.69, 9.17) is 17.2 Å². The molecule has 0 bridgehead atoms. The number of nitrogen functional groups attached to an aromatic ring is 3. The van der Waals surface area contributed by atoms with Crippen LogP contribution < -0.4 is 17.2 Å². The third-order valence-electron chi connectivity index (χ3n) is 4.43. The Morgan fingerprint density at radius 3 is 2.00 bits per heavy atom. The van der Waals surface area contributed by atoms with Gasteiger partial charge in [0.15, 0.2) is 0 Å². The third-order valence-corrected chi connectivity index (χ3v) is 4.43. The molecular formula is C20H29F3N6. The highest BCUT2D eigenvalue weighted by atomic mass is 19.4.